The molecule has 3 amide bonds. The number of amides is 3. The summed E-state index contributed by atoms with van der Waals surface area (Å²) in [6, 6.07) is 27.3. The number of likely N-dealkylation sites (tertiary alicyclic amines) is 1. The SMILES string of the molecule is N[C@@H](CCCCOC(=O)c1ccccc1)C(=O)N[C@@H](Cc1ccc2ccccc2c1)C(=O)N[C@@H](Cc1ccccc1)C(=O)N1CCC[C@@H]1C(=O)O. The van der Waals surface area contributed by atoms with Gasteiger partial charge in [0, 0.05) is 19.4 Å². The van der Waals surface area contributed by atoms with Gasteiger partial charge < -0.3 is 31.1 Å². The molecule has 0 radical (unpaired) electrons. The number of aliphatic carboxylic acids is 1. The molecule has 4 aromatic rings. The van der Waals surface area contributed by atoms with E-state index in [-0.39, 0.29) is 26.0 Å². The Labute approximate surface area is 297 Å². The number of nitrogens with two attached hydrogens (primary N) is 1. The third kappa shape index (κ3) is 10.2. The molecule has 5 N–H and O–H groups in total. The Hall–Kier alpha value is -5.55. The van der Waals surface area contributed by atoms with Crippen molar-refractivity contribution in [3.05, 3.63) is 120 Å². The molecule has 5 rings (SSSR count). The zero-order valence-electron chi connectivity index (χ0n) is 28.4. The van der Waals surface area contributed by atoms with Crippen LogP contribution in [0.4, 0.5) is 0 Å². The van der Waals surface area contributed by atoms with E-state index >= 15 is 0 Å². The third-order valence-corrected chi connectivity index (χ3v) is 9.09. The highest BCUT2D eigenvalue weighted by Gasteiger charge is 2.38. The smallest absolute Gasteiger partial charge is 0.338 e. The summed E-state index contributed by atoms with van der Waals surface area (Å²) in [5.74, 6) is -3.12. The number of esters is 1. The monoisotopic (exact) mass is 692 g/mol. The van der Waals surface area contributed by atoms with Gasteiger partial charge in [-0.05, 0) is 66.1 Å². The molecule has 1 aliphatic heterocycles. The number of ether oxygens (including phenoxy) is 1. The molecule has 0 bridgehead atoms. The van der Waals surface area contributed by atoms with Crippen molar-refractivity contribution >= 4 is 40.4 Å². The summed E-state index contributed by atoms with van der Waals surface area (Å²) in [7, 11) is 0. The number of carbonyl (C=O) groups excluding carboxylic acids is 4. The Balaban J connectivity index is 1.28. The average Bonchev–Trinajstić information content (AvgIpc) is 3.65. The van der Waals surface area contributed by atoms with Crippen LogP contribution in [0.5, 0.6) is 0 Å². The van der Waals surface area contributed by atoms with Crippen LogP contribution in [0.25, 0.3) is 10.8 Å². The number of unbranched alkanes of at least 4 members (excludes halogenated alkanes) is 1. The summed E-state index contributed by atoms with van der Waals surface area (Å²) in [5.41, 5.74) is 8.31. The molecule has 11 heteroatoms. The van der Waals surface area contributed by atoms with Crippen LogP contribution in [0.2, 0.25) is 0 Å². The minimum atomic E-state index is -1.09. The van der Waals surface area contributed by atoms with Crippen LogP contribution in [0.3, 0.4) is 0 Å². The van der Waals surface area contributed by atoms with Gasteiger partial charge >= 0.3 is 11.9 Å². The highest BCUT2D eigenvalue weighted by molar-refractivity contribution is 5.95. The molecule has 0 unspecified atom stereocenters. The van der Waals surface area contributed by atoms with E-state index in [0.717, 1.165) is 21.9 Å². The fourth-order valence-corrected chi connectivity index (χ4v) is 6.32. The van der Waals surface area contributed by atoms with E-state index in [1.807, 2.05) is 78.9 Å². The van der Waals surface area contributed by atoms with Gasteiger partial charge in [-0.15, -0.1) is 0 Å². The molecule has 0 aliphatic carbocycles. The van der Waals surface area contributed by atoms with Gasteiger partial charge in [-0.25, -0.2) is 9.59 Å². The maximum Gasteiger partial charge on any atom is 0.338 e. The van der Waals surface area contributed by atoms with E-state index in [0.29, 0.717) is 37.7 Å². The van der Waals surface area contributed by atoms with Gasteiger partial charge in [0.15, 0.2) is 0 Å². The summed E-state index contributed by atoms with van der Waals surface area (Å²) >= 11 is 0. The van der Waals surface area contributed by atoms with Gasteiger partial charge in [0.2, 0.25) is 17.7 Å². The van der Waals surface area contributed by atoms with Crippen molar-refractivity contribution in [1.29, 1.82) is 0 Å². The first-order valence-electron chi connectivity index (χ1n) is 17.3. The number of nitrogens with zero attached hydrogens (tertiary/aromatic N) is 1. The van der Waals surface area contributed by atoms with Crippen LogP contribution >= 0.6 is 0 Å². The topological polar surface area (TPSA) is 168 Å². The lowest BCUT2D eigenvalue weighted by atomic mass is 9.99. The third-order valence-electron chi connectivity index (χ3n) is 9.09. The summed E-state index contributed by atoms with van der Waals surface area (Å²) in [4.78, 5) is 66.8. The summed E-state index contributed by atoms with van der Waals surface area (Å²) in [6.45, 7) is 0.445. The fourth-order valence-electron chi connectivity index (χ4n) is 6.32. The lowest BCUT2D eigenvalue weighted by Gasteiger charge is -2.29. The highest BCUT2D eigenvalue weighted by Crippen LogP contribution is 2.21. The molecule has 51 heavy (non-hydrogen) atoms. The van der Waals surface area contributed by atoms with Crippen LogP contribution in [-0.4, -0.2) is 77.0 Å². The predicted octanol–water partition coefficient (Wildman–Crippen LogP) is 4.02. The van der Waals surface area contributed by atoms with Crippen LogP contribution in [0, 0.1) is 0 Å². The minimum Gasteiger partial charge on any atom is -0.480 e. The standard InChI is InChI=1S/C40H44N4O7/c41-32(18-9-10-23-51-40(50)30-15-5-2-6-16-30)36(45)42-33(26-28-20-21-29-14-7-8-17-31(29)24-28)37(46)43-34(25-27-12-3-1-4-13-27)38(47)44-22-11-19-35(44)39(48)49/h1-8,12-17,20-21,24,32-35H,9-11,18-19,22-23,25-26,41H2,(H,42,45)(H,43,46)(H,48,49)/t32-,33-,34-,35+/m0/s1. The van der Waals surface area contributed by atoms with Gasteiger partial charge in [0.05, 0.1) is 18.2 Å². The van der Waals surface area contributed by atoms with Crippen molar-refractivity contribution in [2.45, 2.75) is 69.1 Å². The van der Waals surface area contributed by atoms with Gasteiger partial charge in [-0.2, -0.15) is 0 Å². The Bertz CT molecular complexity index is 1820. The fraction of sp³-hybridized carbons (Fsp3) is 0.325. The zero-order chi connectivity index (χ0) is 36.2. The normalized spacial score (nSPS) is 15.8. The Morgan fingerprint density at radius 2 is 1.41 bits per heavy atom. The molecule has 4 aromatic carbocycles. The molecule has 4 atom stereocenters. The van der Waals surface area contributed by atoms with E-state index in [1.165, 1.54) is 4.90 Å². The van der Waals surface area contributed by atoms with E-state index in [1.54, 1.807) is 24.3 Å². The second-order valence-corrected chi connectivity index (χ2v) is 12.8. The van der Waals surface area contributed by atoms with Gasteiger partial charge in [-0.1, -0.05) is 91.0 Å². The molecule has 0 spiro atoms. The number of carboxylic acids is 1. The minimum absolute atomic E-state index is 0.123. The van der Waals surface area contributed by atoms with Gasteiger partial charge in [-0.3, -0.25) is 14.4 Å². The number of carbonyl (C=O) groups is 5. The molecule has 1 fully saturated rings. The molecule has 0 aromatic heterocycles. The quantitative estimate of drug-likeness (QED) is 0.101. The molecular formula is C40H44N4O7. The Morgan fingerprint density at radius 1 is 0.765 bits per heavy atom. The van der Waals surface area contributed by atoms with E-state index < -0.39 is 53.8 Å². The molecule has 11 nitrogen and oxygen atoms in total. The number of fused-ring (bicyclic) bond motifs is 1. The number of hydrogen-bond donors (Lipinski definition) is 4. The molecule has 1 heterocycles. The van der Waals surface area contributed by atoms with E-state index in [4.69, 9.17) is 10.5 Å². The first kappa shape index (κ1) is 36.7. The number of hydrogen-bond acceptors (Lipinski definition) is 7. The van der Waals surface area contributed by atoms with Crippen molar-refractivity contribution in [3.8, 4) is 0 Å². The van der Waals surface area contributed by atoms with Crippen molar-refractivity contribution in [2.24, 2.45) is 5.73 Å². The molecule has 1 saturated heterocycles. The summed E-state index contributed by atoms with van der Waals surface area (Å²) in [6.07, 6.45) is 2.44. The van der Waals surface area contributed by atoms with E-state index in [9.17, 15) is 29.1 Å². The molecule has 1 aliphatic rings. The number of carboxylic acid groups (broad SMARTS) is 1. The van der Waals surface area contributed by atoms with Crippen LogP contribution in [0.1, 0.15) is 53.6 Å². The summed E-state index contributed by atoms with van der Waals surface area (Å²) in [5, 5.41) is 17.4. The summed E-state index contributed by atoms with van der Waals surface area (Å²) < 4.78 is 5.32. The van der Waals surface area contributed by atoms with Gasteiger partial charge in [0.25, 0.3) is 0 Å². The van der Waals surface area contributed by atoms with Crippen LogP contribution < -0.4 is 16.4 Å². The van der Waals surface area contributed by atoms with Gasteiger partial charge in [0.1, 0.15) is 18.1 Å². The Kier molecular flexibility index (Phi) is 12.9. The van der Waals surface area contributed by atoms with Crippen molar-refractivity contribution < 1.29 is 33.8 Å². The number of rotatable bonds is 16. The second-order valence-electron chi connectivity index (χ2n) is 12.8. The van der Waals surface area contributed by atoms with Crippen molar-refractivity contribution in [2.75, 3.05) is 13.2 Å². The number of nitrogens with one attached hydrogen (secondary N) is 2. The van der Waals surface area contributed by atoms with Crippen molar-refractivity contribution in [3.63, 3.8) is 0 Å². The molecule has 266 valence electrons. The highest BCUT2D eigenvalue weighted by atomic mass is 16.5. The maximum absolute atomic E-state index is 14.1. The Morgan fingerprint density at radius 3 is 2.14 bits per heavy atom. The van der Waals surface area contributed by atoms with Crippen LogP contribution in [0.15, 0.2) is 103 Å². The second kappa shape index (κ2) is 17.9. The van der Waals surface area contributed by atoms with E-state index in [2.05, 4.69) is 10.6 Å². The largest absolute Gasteiger partial charge is 0.480 e. The first-order chi connectivity index (χ1) is 24.7. The number of benzene rings is 4. The average molecular weight is 693 g/mol. The lowest BCUT2D eigenvalue weighted by molar-refractivity contribution is -0.149. The molecule has 0 saturated carbocycles. The molecular weight excluding hydrogens is 648 g/mol. The van der Waals surface area contributed by atoms with Crippen molar-refractivity contribution in [1.82, 2.24) is 15.5 Å². The lowest BCUT2D eigenvalue weighted by Crippen LogP contribution is -2.58. The first-order valence-corrected chi connectivity index (χ1v) is 17.3. The maximum atomic E-state index is 14.1. The predicted molar refractivity (Wildman–Crippen MR) is 193 cm³/mol. The van der Waals surface area contributed by atoms with Crippen LogP contribution in [-0.2, 0) is 36.8 Å². The zero-order valence-corrected chi connectivity index (χ0v) is 28.4.